The zero-order valence-corrected chi connectivity index (χ0v) is 21.4. The number of esters is 2. The molecule has 2 aromatic carbocycles. The average molecular weight is 571 g/mol. The highest BCUT2D eigenvalue weighted by Gasteiger charge is 2.18. The second-order valence-electron chi connectivity index (χ2n) is 5.95. The van der Waals surface area contributed by atoms with Crippen LogP contribution < -0.4 is 0 Å². The zero-order chi connectivity index (χ0) is 23.9. The summed E-state index contributed by atoms with van der Waals surface area (Å²) in [6.07, 6.45) is 1.40. The molecule has 7 nitrogen and oxygen atoms in total. The molecule has 172 valence electrons. The Balaban J connectivity index is 0.000000320. The number of methoxy groups -OCH3 is 3. The average Bonchev–Trinajstić information content (AvgIpc) is 2.85. The van der Waals surface area contributed by atoms with Gasteiger partial charge in [0.2, 0.25) is 0 Å². The Morgan fingerprint density at radius 3 is 1.78 bits per heavy atom. The molecule has 32 heavy (non-hydrogen) atoms. The summed E-state index contributed by atoms with van der Waals surface area (Å²) in [4.78, 5) is 27.8. The fourth-order valence-corrected chi connectivity index (χ4v) is 3.58. The van der Waals surface area contributed by atoms with Crippen LogP contribution in [0.3, 0.4) is 0 Å². The van der Waals surface area contributed by atoms with Crippen LogP contribution in [-0.4, -0.2) is 46.1 Å². The lowest BCUT2D eigenvalue weighted by atomic mass is 10.0. The Morgan fingerprint density at radius 2 is 1.31 bits per heavy atom. The molecule has 0 unspecified atom stereocenters. The third-order valence-corrected chi connectivity index (χ3v) is 5.28. The largest absolute Gasteiger partial charge is 0.503 e. The highest BCUT2D eigenvalue weighted by molar-refractivity contribution is 9.08. The maximum Gasteiger partial charge on any atom is 0.360 e. The fraction of sp³-hybridized carbons (Fsp3) is 0.261. The van der Waals surface area contributed by atoms with Crippen molar-refractivity contribution in [2.45, 2.75) is 10.7 Å². The number of alkyl halides is 2. The first-order valence-corrected chi connectivity index (χ1v) is 11.5. The van der Waals surface area contributed by atoms with Gasteiger partial charge in [0.15, 0.2) is 5.71 Å². The predicted octanol–water partition coefficient (Wildman–Crippen LogP) is 4.85. The van der Waals surface area contributed by atoms with E-state index in [2.05, 4.69) is 46.6 Å². The van der Waals surface area contributed by atoms with E-state index >= 15 is 0 Å². The Hall–Kier alpha value is -2.65. The monoisotopic (exact) mass is 569 g/mol. The zero-order valence-electron chi connectivity index (χ0n) is 18.3. The molecule has 0 atom stereocenters. The van der Waals surface area contributed by atoms with E-state index in [0.29, 0.717) is 21.8 Å². The maximum atomic E-state index is 11.6. The molecule has 0 aliphatic heterocycles. The van der Waals surface area contributed by atoms with Crippen LogP contribution in [0.2, 0.25) is 0 Å². The molecular weight excluding hydrogens is 546 g/mol. The molecule has 0 aliphatic carbocycles. The number of nitrogens with zero attached hydrogens (tertiary/aromatic N) is 1. The maximum absolute atomic E-state index is 11.6. The van der Waals surface area contributed by atoms with Crippen LogP contribution in [-0.2, 0) is 39.3 Å². The van der Waals surface area contributed by atoms with Gasteiger partial charge in [-0.3, -0.25) is 0 Å². The number of benzene rings is 2. The lowest BCUT2D eigenvalue weighted by Gasteiger charge is -2.09. The molecule has 0 aromatic heterocycles. The van der Waals surface area contributed by atoms with Gasteiger partial charge >= 0.3 is 11.9 Å². The standard InChI is InChI=1S/C12H13BrO3.C11H12BrNO3/c1-15-8-11(12(14)16-2)10-6-4-3-5-9(10)7-13;1-15-11(14)10(13-16-2)9-6-4-3-5-8(9)7-12/h3-6,8H,7H2,1-2H3;3-6H,7H2,1-2H3/b11-8+;13-10+. The van der Waals surface area contributed by atoms with Crippen molar-refractivity contribution in [3.63, 3.8) is 0 Å². The Kier molecular flexibility index (Phi) is 13.0. The van der Waals surface area contributed by atoms with Crippen molar-refractivity contribution in [2.75, 3.05) is 28.4 Å². The number of oxime groups is 1. The third-order valence-electron chi connectivity index (χ3n) is 4.07. The minimum absolute atomic E-state index is 0.167. The summed E-state index contributed by atoms with van der Waals surface area (Å²) >= 11 is 6.73. The minimum atomic E-state index is -0.518. The van der Waals surface area contributed by atoms with Crippen LogP contribution >= 0.6 is 31.9 Å². The number of rotatable bonds is 8. The Labute approximate surface area is 204 Å². The first kappa shape index (κ1) is 27.4. The summed E-state index contributed by atoms with van der Waals surface area (Å²) in [5.41, 5.74) is 4.06. The van der Waals surface area contributed by atoms with E-state index in [1.54, 1.807) is 6.07 Å². The van der Waals surface area contributed by atoms with Gasteiger partial charge in [-0.15, -0.1) is 0 Å². The normalized spacial score (nSPS) is 11.1. The van der Waals surface area contributed by atoms with Gasteiger partial charge in [-0.05, 0) is 16.7 Å². The van der Waals surface area contributed by atoms with Crippen molar-refractivity contribution in [3.05, 3.63) is 77.0 Å². The Morgan fingerprint density at radius 1 is 0.812 bits per heavy atom. The summed E-state index contributed by atoms with van der Waals surface area (Å²) in [7, 11) is 5.55. The summed E-state index contributed by atoms with van der Waals surface area (Å²) in [6.45, 7) is 0. The predicted molar refractivity (Wildman–Crippen MR) is 131 cm³/mol. The first-order chi connectivity index (χ1) is 15.5. The van der Waals surface area contributed by atoms with Crippen LogP contribution in [0.25, 0.3) is 5.57 Å². The summed E-state index contributed by atoms with van der Waals surface area (Å²) < 4.78 is 14.3. The van der Waals surface area contributed by atoms with Gasteiger partial charge < -0.3 is 19.0 Å². The van der Waals surface area contributed by atoms with E-state index in [-0.39, 0.29) is 5.71 Å². The van der Waals surface area contributed by atoms with E-state index < -0.39 is 11.9 Å². The van der Waals surface area contributed by atoms with Gasteiger partial charge in [-0.25, -0.2) is 9.59 Å². The van der Waals surface area contributed by atoms with Gasteiger partial charge in [0, 0.05) is 16.2 Å². The first-order valence-electron chi connectivity index (χ1n) is 9.28. The van der Waals surface area contributed by atoms with Crippen molar-refractivity contribution in [1.82, 2.24) is 0 Å². The van der Waals surface area contributed by atoms with Crippen LogP contribution in [0, 0.1) is 0 Å². The van der Waals surface area contributed by atoms with Gasteiger partial charge in [-0.2, -0.15) is 0 Å². The molecule has 0 aliphatic rings. The van der Waals surface area contributed by atoms with Crippen LogP contribution in [0.4, 0.5) is 0 Å². The molecule has 0 saturated heterocycles. The van der Waals surface area contributed by atoms with E-state index in [0.717, 1.165) is 16.7 Å². The summed E-state index contributed by atoms with van der Waals surface area (Å²) in [5.74, 6) is -0.925. The molecule has 0 N–H and O–H groups in total. The molecule has 0 bridgehead atoms. The van der Waals surface area contributed by atoms with Crippen molar-refractivity contribution in [2.24, 2.45) is 5.16 Å². The van der Waals surface area contributed by atoms with Crippen molar-refractivity contribution in [1.29, 1.82) is 0 Å². The molecular formula is C23H25Br2NO6. The third kappa shape index (κ3) is 7.80. The molecule has 0 spiro atoms. The van der Waals surface area contributed by atoms with Crippen LogP contribution in [0.15, 0.2) is 59.9 Å². The van der Waals surface area contributed by atoms with Gasteiger partial charge in [-0.1, -0.05) is 85.5 Å². The number of hydrogen-bond donors (Lipinski definition) is 0. The second-order valence-corrected chi connectivity index (χ2v) is 7.08. The van der Waals surface area contributed by atoms with E-state index in [1.165, 1.54) is 34.7 Å². The molecule has 0 heterocycles. The smallest absolute Gasteiger partial charge is 0.360 e. The molecule has 0 radical (unpaired) electrons. The highest BCUT2D eigenvalue weighted by Crippen LogP contribution is 2.22. The van der Waals surface area contributed by atoms with Crippen molar-refractivity contribution >= 4 is 55.1 Å². The van der Waals surface area contributed by atoms with Gasteiger partial charge in [0.25, 0.3) is 0 Å². The van der Waals surface area contributed by atoms with Gasteiger partial charge in [0.05, 0.1) is 27.6 Å². The SMILES string of the molecule is CO/C=C(/C(=O)OC)c1ccccc1CBr.CO/N=C(/C(=O)OC)c1ccccc1CBr. The van der Waals surface area contributed by atoms with Crippen molar-refractivity contribution < 1.29 is 28.6 Å². The molecule has 2 aromatic rings. The van der Waals surface area contributed by atoms with E-state index in [4.69, 9.17) is 9.47 Å². The van der Waals surface area contributed by atoms with E-state index in [9.17, 15) is 9.59 Å². The number of carbonyl (C=O) groups is 2. The number of carbonyl (C=O) groups excluding carboxylic acids is 2. The van der Waals surface area contributed by atoms with Crippen molar-refractivity contribution in [3.8, 4) is 0 Å². The highest BCUT2D eigenvalue weighted by atomic mass is 79.9. The fourth-order valence-electron chi connectivity index (χ4n) is 2.60. The number of hydrogen-bond acceptors (Lipinski definition) is 7. The molecule has 2 rings (SSSR count). The quantitative estimate of drug-likeness (QED) is 0.113. The summed E-state index contributed by atoms with van der Waals surface area (Å²) in [5, 5.41) is 4.99. The number of halogens is 2. The van der Waals surface area contributed by atoms with Crippen LogP contribution in [0.5, 0.6) is 0 Å². The topological polar surface area (TPSA) is 83.4 Å². The molecule has 0 fully saturated rings. The summed E-state index contributed by atoms with van der Waals surface area (Å²) in [6, 6.07) is 15.0. The Bertz CT molecular complexity index is 882. The lowest BCUT2D eigenvalue weighted by molar-refractivity contribution is -0.134. The number of ether oxygens (including phenoxy) is 3. The minimum Gasteiger partial charge on any atom is -0.503 e. The molecule has 0 amide bonds. The molecule has 9 heteroatoms. The lowest BCUT2D eigenvalue weighted by Crippen LogP contribution is -2.19. The van der Waals surface area contributed by atoms with Crippen LogP contribution in [0.1, 0.15) is 22.3 Å². The second kappa shape index (κ2) is 15.2. The van der Waals surface area contributed by atoms with E-state index in [1.807, 2.05) is 42.5 Å². The molecule has 0 saturated carbocycles. The van der Waals surface area contributed by atoms with Gasteiger partial charge in [0.1, 0.15) is 12.7 Å².